The molecule has 4 nitrogen and oxygen atoms in total. The monoisotopic (exact) mass is 326 g/mol. The van der Waals surface area contributed by atoms with Crippen LogP contribution in [0.5, 0.6) is 5.75 Å². The Kier molecular flexibility index (Phi) is 7.69. The quantitative estimate of drug-likeness (QED) is 0.874. The number of hydrogen-bond donors (Lipinski definition) is 1. The molecule has 1 aromatic carbocycles. The molecule has 0 unspecified atom stereocenters. The van der Waals surface area contributed by atoms with E-state index in [0.29, 0.717) is 25.5 Å². The van der Waals surface area contributed by atoms with Gasteiger partial charge >= 0.3 is 0 Å². The first-order valence-corrected chi connectivity index (χ1v) is 7.81. The minimum Gasteiger partial charge on any atom is -0.494 e. The number of nitrogens with two attached hydrogens (primary N) is 1. The van der Waals surface area contributed by atoms with Gasteiger partial charge in [0.1, 0.15) is 5.75 Å². The molecule has 2 atom stereocenters. The van der Waals surface area contributed by atoms with Gasteiger partial charge in [-0.2, -0.15) is 0 Å². The first-order valence-electron chi connectivity index (χ1n) is 7.81. The van der Waals surface area contributed by atoms with Crippen LogP contribution in [-0.2, 0) is 11.3 Å². The van der Waals surface area contributed by atoms with Gasteiger partial charge in [-0.05, 0) is 43.4 Å². The van der Waals surface area contributed by atoms with Crippen LogP contribution in [0.4, 0.5) is 0 Å². The maximum absolute atomic E-state index is 12.3. The predicted octanol–water partition coefficient (Wildman–Crippen LogP) is 2.98. The smallest absolute Gasteiger partial charge is 0.222 e. The van der Waals surface area contributed by atoms with E-state index in [1.165, 1.54) is 0 Å². The van der Waals surface area contributed by atoms with Crippen LogP contribution in [-0.4, -0.2) is 30.5 Å². The van der Waals surface area contributed by atoms with Gasteiger partial charge in [0.05, 0.1) is 6.61 Å². The molecule has 1 amide bonds. The van der Waals surface area contributed by atoms with Crippen LogP contribution in [0.25, 0.3) is 0 Å². The molecule has 124 valence electrons. The molecule has 0 saturated heterocycles. The number of carbonyl (C=O) groups excluding carboxylic acids is 1. The Hall–Kier alpha value is -1.26. The van der Waals surface area contributed by atoms with Gasteiger partial charge in [-0.1, -0.05) is 18.6 Å². The zero-order valence-electron chi connectivity index (χ0n) is 13.5. The SMILES string of the molecule is CCOc1ccc(CN(C)C(=O)C[C@@H]2CCC[C@H]2N)cc1.Cl. The van der Waals surface area contributed by atoms with Gasteiger partial charge in [0, 0.05) is 26.1 Å². The Labute approximate surface area is 139 Å². The molecule has 1 aliphatic carbocycles. The summed E-state index contributed by atoms with van der Waals surface area (Å²) in [5.41, 5.74) is 7.16. The second kappa shape index (κ2) is 9.01. The summed E-state index contributed by atoms with van der Waals surface area (Å²) in [5.74, 6) is 1.42. The number of hydrogen-bond acceptors (Lipinski definition) is 3. The Bertz CT molecular complexity index is 464. The van der Waals surface area contributed by atoms with Crippen LogP contribution in [0.1, 0.15) is 38.2 Å². The summed E-state index contributed by atoms with van der Waals surface area (Å²) in [6, 6.07) is 8.12. The highest BCUT2D eigenvalue weighted by Gasteiger charge is 2.27. The average Bonchev–Trinajstić information content (AvgIpc) is 2.86. The lowest BCUT2D eigenvalue weighted by Gasteiger charge is -2.21. The molecule has 22 heavy (non-hydrogen) atoms. The normalized spacial score (nSPS) is 20.3. The van der Waals surface area contributed by atoms with Crippen molar-refractivity contribution in [2.24, 2.45) is 11.7 Å². The van der Waals surface area contributed by atoms with Crippen molar-refractivity contribution in [3.63, 3.8) is 0 Å². The molecule has 1 fully saturated rings. The third-order valence-electron chi connectivity index (χ3n) is 4.23. The molecule has 1 aliphatic rings. The summed E-state index contributed by atoms with van der Waals surface area (Å²) in [7, 11) is 1.86. The third kappa shape index (κ3) is 5.18. The van der Waals surface area contributed by atoms with E-state index in [9.17, 15) is 4.79 Å². The summed E-state index contributed by atoms with van der Waals surface area (Å²) in [6.07, 6.45) is 3.88. The largest absolute Gasteiger partial charge is 0.494 e. The van der Waals surface area contributed by atoms with Crippen LogP contribution >= 0.6 is 12.4 Å². The molecule has 5 heteroatoms. The van der Waals surface area contributed by atoms with E-state index in [0.717, 1.165) is 30.6 Å². The summed E-state index contributed by atoms with van der Waals surface area (Å²) in [4.78, 5) is 14.1. The van der Waals surface area contributed by atoms with E-state index in [4.69, 9.17) is 10.5 Å². The fourth-order valence-corrected chi connectivity index (χ4v) is 2.92. The topological polar surface area (TPSA) is 55.6 Å². The summed E-state index contributed by atoms with van der Waals surface area (Å²) < 4.78 is 5.42. The molecule has 0 spiro atoms. The van der Waals surface area contributed by atoms with Crippen molar-refractivity contribution in [1.29, 1.82) is 0 Å². The van der Waals surface area contributed by atoms with E-state index in [1.807, 2.05) is 38.2 Å². The van der Waals surface area contributed by atoms with Crippen molar-refractivity contribution in [3.05, 3.63) is 29.8 Å². The van der Waals surface area contributed by atoms with E-state index in [2.05, 4.69) is 0 Å². The van der Waals surface area contributed by atoms with Crippen molar-refractivity contribution in [2.75, 3.05) is 13.7 Å². The van der Waals surface area contributed by atoms with Crippen molar-refractivity contribution >= 4 is 18.3 Å². The second-order valence-electron chi connectivity index (χ2n) is 5.89. The van der Waals surface area contributed by atoms with Crippen LogP contribution in [0.15, 0.2) is 24.3 Å². The van der Waals surface area contributed by atoms with Crippen molar-refractivity contribution in [2.45, 2.75) is 45.2 Å². The Balaban J connectivity index is 0.00000242. The van der Waals surface area contributed by atoms with Gasteiger partial charge in [-0.25, -0.2) is 0 Å². The van der Waals surface area contributed by atoms with Crippen LogP contribution in [0.3, 0.4) is 0 Å². The maximum atomic E-state index is 12.3. The lowest BCUT2D eigenvalue weighted by atomic mass is 9.99. The average molecular weight is 327 g/mol. The molecule has 0 aromatic heterocycles. The Morgan fingerprint density at radius 1 is 1.32 bits per heavy atom. The van der Waals surface area contributed by atoms with E-state index in [1.54, 1.807) is 4.90 Å². The van der Waals surface area contributed by atoms with Gasteiger partial charge < -0.3 is 15.4 Å². The molecule has 0 radical (unpaired) electrons. The number of carbonyl (C=O) groups is 1. The van der Waals surface area contributed by atoms with Crippen molar-refractivity contribution < 1.29 is 9.53 Å². The summed E-state index contributed by atoms with van der Waals surface area (Å²) >= 11 is 0. The molecule has 1 aromatic rings. The molecular formula is C17H27ClN2O2. The zero-order chi connectivity index (χ0) is 15.2. The molecule has 2 rings (SSSR count). The fourth-order valence-electron chi connectivity index (χ4n) is 2.92. The van der Waals surface area contributed by atoms with Gasteiger partial charge in [-0.15, -0.1) is 12.4 Å². The number of halogens is 1. The number of nitrogens with zero attached hydrogens (tertiary/aromatic N) is 1. The van der Waals surface area contributed by atoms with Crippen LogP contribution in [0, 0.1) is 5.92 Å². The van der Waals surface area contributed by atoms with E-state index in [-0.39, 0.29) is 24.4 Å². The Morgan fingerprint density at radius 2 is 2.00 bits per heavy atom. The molecular weight excluding hydrogens is 300 g/mol. The standard InChI is InChI=1S/C17H26N2O2.ClH/c1-3-21-15-9-7-13(8-10-15)12-19(2)17(20)11-14-5-4-6-16(14)18;/h7-10,14,16H,3-6,11-12,18H2,1-2H3;1H/t14-,16+;/m0./s1. The number of amides is 1. The van der Waals surface area contributed by atoms with Gasteiger partial charge in [0.25, 0.3) is 0 Å². The number of ether oxygens (including phenoxy) is 1. The summed E-state index contributed by atoms with van der Waals surface area (Å²) in [6.45, 7) is 3.26. The minimum atomic E-state index is 0. The maximum Gasteiger partial charge on any atom is 0.222 e. The molecule has 0 heterocycles. The Morgan fingerprint density at radius 3 is 2.55 bits per heavy atom. The van der Waals surface area contributed by atoms with Crippen molar-refractivity contribution in [1.82, 2.24) is 4.90 Å². The number of rotatable bonds is 6. The highest BCUT2D eigenvalue weighted by atomic mass is 35.5. The highest BCUT2D eigenvalue weighted by molar-refractivity contribution is 5.85. The third-order valence-corrected chi connectivity index (χ3v) is 4.23. The van der Waals surface area contributed by atoms with Gasteiger partial charge in [0.2, 0.25) is 5.91 Å². The van der Waals surface area contributed by atoms with Gasteiger partial charge in [0.15, 0.2) is 0 Å². The summed E-state index contributed by atoms with van der Waals surface area (Å²) in [5, 5.41) is 0. The fraction of sp³-hybridized carbons (Fsp3) is 0.588. The highest BCUT2D eigenvalue weighted by Crippen LogP contribution is 2.27. The first kappa shape index (κ1) is 18.8. The van der Waals surface area contributed by atoms with Crippen LogP contribution in [0.2, 0.25) is 0 Å². The molecule has 1 saturated carbocycles. The lowest BCUT2D eigenvalue weighted by Crippen LogP contribution is -2.32. The van der Waals surface area contributed by atoms with E-state index >= 15 is 0 Å². The number of benzene rings is 1. The van der Waals surface area contributed by atoms with Crippen LogP contribution < -0.4 is 10.5 Å². The van der Waals surface area contributed by atoms with Gasteiger partial charge in [-0.3, -0.25) is 4.79 Å². The predicted molar refractivity (Wildman–Crippen MR) is 91.3 cm³/mol. The van der Waals surface area contributed by atoms with Crippen molar-refractivity contribution in [3.8, 4) is 5.75 Å². The van der Waals surface area contributed by atoms with E-state index < -0.39 is 0 Å². The molecule has 0 aliphatic heterocycles. The second-order valence-corrected chi connectivity index (χ2v) is 5.89. The molecule has 0 bridgehead atoms. The molecule has 2 N–H and O–H groups in total. The zero-order valence-corrected chi connectivity index (χ0v) is 14.3. The lowest BCUT2D eigenvalue weighted by molar-refractivity contribution is -0.131. The minimum absolute atomic E-state index is 0. The first-order chi connectivity index (χ1) is 10.1.